The highest BCUT2D eigenvalue weighted by Gasteiger charge is 1.92. The van der Waals surface area contributed by atoms with E-state index in [2.05, 4.69) is 37.2 Å². The largest absolute Gasteiger partial charge is 0.320 e. The normalized spacial score (nSPS) is 9.34. The maximum atomic E-state index is 8.81. The van der Waals surface area contributed by atoms with Crippen LogP contribution in [0.15, 0.2) is 13.2 Å². The zero-order valence-electron chi connectivity index (χ0n) is 20.3. The Morgan fingerprint density at radius 1 is 0.655 bits per heavy atom. The maximum absolute atomic E-state index is 8.81. The molecule has 0 aliphatic carbocycles. The molecule has 0 aromatic rings. The summed E-state index contributed by atoms with van der Waals surface area (Å²) >= 11 is 0. The third kappa shape index (κ3) is 42.1. The first-order valence-corrected chi connectivity index (χ1v) is 12.3. The van der Waals surface area contributed by atoms with Crippen molar-refractivity contribution in [2.24, 2.45) is 0 Å². The van der Waals surface area contributed by atoms with E-state index in [4.69, 9.17) is 4.79 Å². The molecule has 0 fully saturated rings. The van der Waals surface area contributed by atoms with Crippen LogP contribution >= 0.6 is 0 Å². The lowest BCUT2D eigenvalue weighted by atomic mass is 10.1. The molecule has 172 valence electrons. The number of hydrogen-bond acceptors (Lipinski definition) is 2. The highest BCUT2D eigenvalue weighted by molar-refractivity contribution is 5.44. The Morgan fingerprint density at radius 3 is 1.31 bits per heavy atom. The van der Waals surface area contributed by atoms with Crippen molar-refractivity contribution in [3.63, 3.8) is 0 Å². The van der Waals surface area contributed by atoms with Crippen molar-refractivity contribution in [1.29, 1.82) is 0 Å². The van der Waals surface area contributed by atoms with Gasteiger partial charge in [-0.1, -0.05) is 90.4 Å². The molecule has 0 aliphatic rings. The average molecular weight is 408 g/mol. The first-order valence-electron chi connectivity index (χ1n) is 12.3. The van der Waals surface area contributed by atoms with Crippen LogP contribution in [0, 0.1) is 11.8 Å². The van der Waals surface area contributed by atoms with Crippen molar-refractivity contribution in [3.8, 4) is 11.8 Å². The maximum Gasteiger partial charge on any atom is 0.116 e. The molecule has 0 unspecified atom stereocenters. The van der Waals surface area contributed by atoms with E-state index in [1.807, 2.05) is 7.05 Å². The second kappa shape index (κ2) is 37.6. The highest BCUT2D eigenvalue weighted by atomic mass is 16.1. The summed E-state index contributed by atoms with van der Waals surface area (Å²) < 4.78 is 0. The Balaban J connectivity index is -0.00000123. The van der Waals surface area contributed by atoms with Crippen LogP contribution in [0.2, 0.25) is 0 Å². The molecule has 29 heavy (non-hydrogen) atoms. The van der Waals surface area contributed by atoms with Crippen molar-refractivity contribution in [1.82, 2.24) is 5.32 Å². The molecule has 0 radical (unpaired) electrons. The van der Waals surface area contributed by atoms with E-state index in [9.17, 15) is 0 Å². The van der Waals surface area contributed by atoms with E-state index < -0.39 is 0 Å². The van der Waals surface area contributed by atoms with Crippen LogP contribution in [0.5, 0.6) is 0 Å². The minimum absolute atomic E-state index is 0.750. The molecule has 0 spiro atoms. The van der Waals surface area contributed by atoms with Crippen molar-refractivity contribution >= 4 is 6.29 Å². The van der Waals surface area contributed by atoms with Gasteiger partial charge in [-0.05, 0) is 39.8 Å². The first kappa shape index (κ1) is 32.6. The summed E-state index contributed by atoms with van der Waals surface area (Å²) in [5, 5.41) is 3.21. The van der Waals surface area contributed by atoms with Crippen molar-refractivity contribution < 1.29 is 4.79 Å². The molecule has 0 aromatic heterocycles. The molecule has 0 amide bonds. The fourth-order valence-electron chi connectivity index (χ4n) is 3.10. The monoisotopic (exact) mass is 407 g/mol. The van der Waals surface area contributed by atoms with Gasteiger partial charge in [0.15, 0.2) is 0 Å². The number of carbonyl (C=O) groups is 1. The summed E-state index contributed by atoms with van der Waals surface area (Å²) in [7, 11) is 2.04. The Kier molecular flexibility index (Phi) is 42.3. The Morgan fingerprint density at radius 2 is 0.966 bits per heavy atom. The van der Waals surface area contributed by atoms with Gasteiger partial charge in [0.2, 0.25) is 0 Å². The predicted molar refractivity (Wildman–Crippen MR) is 133 cm³/mol. The summed E-state index contributed by atoms with van der Waals surface area (Å²) in [6.07, 6.45) is 25.3. The minimum atomic E-state index is 0.750. The first-order chi connectivity index (χ1) is 14.3. The topological polar surface area (TPSA) is 29.1 Å². The quantitative estimate of drug-likeness (QED) is 0.107. The molecule has 0 rings (SSSR count). The number of unbranched alkanes of at least 4 members (excludes halogenated alkanes) is 16. The minimum Gasteiger partial charge on any atom is -0.320 e. The molecule has 0 bridgehead atoms. The second-order valence-corrected chi connectivity index (χ2v) is 7.50. The van der Waals surface area contributed by atoms with Gasteiger partial charge in [0.05, 0.1) is 0 Å². The van der Waals surface area contributed by atoms with Crippen LogP contribution < -0.4 is 5.32 Å². The number of nitrogens with one attached hydrogen (secondary N) is 1. The molecule has 1 N–H and O–H groups in total. The fraction of sp³-hybridized carbons (Fsp3) is 0.815. The number of rotatable bonds is 18. The average Bonchev–Trinajstić information content (AvgIpc) is 2.74. The smallest absolute Gasteiger partial charge is 0.116 e. The number of hydrogen-bond donors (Lipinski definition) is 1. The van der Waals surface area contributed by atoms with Gasteiger partial charge in [-0.25, -0.2) is 0 Å². The Bertz CT molecular complexity index is 329. The van der Waals surface area contributed by atoms with Gasteiger partial charge >= 0.3 is 0 Å². The van der Waals surface area contributed by atoms with Gasteiger partial charge in [-0.15, -0.1) is 25.0 Å². The van der Waals surface area contributed by atoms with E-state index in [0.29, 0.717) is 0 Å². The van der Waals surface area contributed by atoms with Crippen LogP contribution in [-0.2, 0) is 4.79 Å². The predicted octanol–water partition coefficient (Wildman–Crippen LogP) is 8.26. The SMILES string of the molecule is C=C.CC=O.CCCCCCCCCCCCC#CCCCCCCCCNC. The van der Waals surface area contributed by atoms with Gasteiger partial charge in [0.25, 0.3) is 0 Å². The van der Waals surface area contributed by atoms with Gasteiger partial charge in [0.1, 0.15) is 6.29 Å². The van der Waals surface area contributed by atoms with E-state index >= 15 is 0 Å². The zero-order chi connectivity index (χ0) is 22.3. The van der Waals surface area contributed by atoms with E-state index in [-0.39, 0.29) is 0 Å². The molecule has 2 heteroatoms. The van der Waals surface area contributed by atoms with E-state index in [1.165, 1.54) is 116 Å². The third-order valence-electron chi connectivity index (χ3n) is 4.76. The van der Waals surface area contributed by atoms with Crippen LogP contribution in [0.1, 0.15) is 129 Å². The molecule has 0 saturated heterocycles. The molecule has 0 aromatic carbocycles. The lowest BCUT2D eigenvalue weighted by Gasteiger charge is -2.01. The van der Waals surface area contributed by atoms with Gasteiger partial charge in [-0.3, -0.25) is 0 Å². The summed E-state index contributed by atoms with van der Waals surface area (Å²) in [4.78, 5) is 8.81. The summed E-state index contributed by atoms with van der Waals surface area (Å²) in [5.74, 6) is 6.74. The molecular weight excluding hydrogens is 354 g/mol. The summed E-state index contributed by atoms with van der Waals surface area (Å²) in [5.41, 5.74) is 0. The summed E-state index contributed by atoms with van der Waals surface area (Å²) in [6.45, 7) is 10.9. The van der Waals surface area contributed by atoms with E-state index in [0.717, 1.165) is 19.1 Å². The van der Waals surface area contributed by atoms with Crippen LogP contribution in [0.3, 0.4) is 0 Å². The lowest BCUT2D eigenvalue weighted by Crippen LogP contribution is -2.06. The zero-order valence-corrected chi connectivity index (χ0v) is 20.3. The number of aldehydes is 1. The molecular formula is C27H53NO. The molecule has 0 heterocycles. The number of carbonyl (C=O) groups excluding carboxylic acids is 1. The fourth-order valence-corrected chi connectivity index (χ4v) is 3.10. The molecule has 0 atom stereocenters. The van der Waals surface area contributed by atoms with Gasteiger partial charge in [-0.2, -0.15) is 0 Å². The summed E-state index contributed by atoms with van der Waals surface area (Å²) in [6, 6.07) is 0. The van der Waals surface area contributed by atoms with Gasteiger partial charge < -0.3 is 10.1 Å². The Hall–Kier alpha value is -1.07. The van der Waals surface area contributed by atoms with Crippen molar-refractivity contribution in [2.75, 3.05) is 13.6 Å². The standard InChI is InChI=1S/C23H45N.C2H4O.C2H4/c1-3-4-5-6-7-8-9-10-11-12-13-14-15-16-17-18-19-20-21-22-23-24-2;1-2-3;1-2/h24H,3-13,16-23H2,1-2H3;2H,1H3;1-2H2. The lowest BCUT2D eigenvalue weighted by molar-refractivity contribution is -0.106. The van der Waals surface area contributed by atoms with Crippen LogP contribution in [0.25, 0.3) is 0 Å². The van der Waals surface area contributed by atoms with Gasteiger partial charge in [0, 0.05) is 12.8 Å². The second-order valence-electron chi connectivity index (χ2n) is 7.50. The Labute approximate surface area is 184 Å². The van der Waals surface area contributed by atoms with E-state index in [1.54, 1.807) is 0 Å². The molecule has 0 aliphatic heterocycles. The van der Waals surface area contributed by atoms with Crippen LogP contribution in [-0.4, -0.2) is 19.9 Å². The molecule has 0 saturated carbocycles. The third-order valence-corrected chi connectivity index (χ3v) is 4.76. The van der Waals surface area contributed by atoms with Crippen molar-refractivity contribution in [3.05, 3.63) is 13.2 Å². The van der Waals surface area contributed by atoms with Crippen molar-refractivity contribution in [2.45, 2.75) is 129 Å². The van der Waals surface area contributed by atoms with Crippen LogP contribution in [0.4, 0.5) is 0 Å². The molecule has 2 nitrogen and oxygen atoms in total. The highest BCUT2D eigenvalue weighted by Crippen LogP contribution is 2.11.